The van der Waals surface area contributed by atoms with Gasteiger partial charge in [-0.2, -0.15) is 0 Å². The average Bonchev–Trinajstić information content (AvgIpc) is 1.46. The zero-order valence-electron chi connectivity index (χ0n) is 51.2. The van der Waals surface area contributed by atoms with E-state index in [1.165, 1.54) is 187 Å². The third-order valence-electron chi connectivity index (χ3n) is 22.8. The second-order valence-electron chi connectivity index (χ2n) is 28.4. The summed E-state index contributed by atoms with van der Waals surface area (Å²) in [4.78, 5) is 0. The van der Waals surface area contributed by atoms with Crippen LogP contribution in [0.4, 0.5) is 0 Å². The molecule has 88 heavy (non-hydrogen) atoms. The van der Waals surface area contributed by atoms with E-state index in [4.69, 9.17) is 0 Å². The fourth-order valence-electron chi connectivity index (χ4n) is 18.8. The Morgan fingerprint density at radius 3 is 0.943 bits per heavy atom. The van der Waals surface area contributed by atoms with Gasteiger partial charge in [0.15, 0.2) is 0 Å². The SMILES string of the molecule is CC1(C)c2ccccc2-c2cc3c(cc21)C(c1ccc2c4c(-c5ccccc5)c5c6cccc7c(C8c9ccccc9C(C)(C)c9cc%10c(cc98)C(C)(C)c8ccccc8-%10)ccc(c5c(-c5ccccc5)c4c4cccc1c42)c76)c1ccccc1C3(C)C. The lowest BCUT2D eigenvalue weighted by molar-refractivity contribution is 0.594. The van der Waals surface area contributed by atoms with E-state index in [0.717, 1.165) is 0 Å². The summed E-state index contributed by atoms with van der Waals surface area (Å²) >= 11 is 0. The Balaban J connectivity index is 0.910. The van der Waals surface area contributed by atoms with Crippen LogP contribution in [0.25, 0.3) is 109 Å². The van der Waals surface area contributed by atoms with Crippen LogP contribution in [0.5, 0.6) is 0 Å². The zero-order valence-corrected chi connectivity index (χ0v) is 51.2. The van der Waals surface area contributed by atoms with Gasteiger partial charge in [0.2, 0.25) is 0 Å². The molecule has 15 aromatic rings. The molecule has 0 nitrogen and oxygen atoms in total. The van der Waals surface area contributed by atoms with E-state index in [9.17, 15) is 0 Å². The van der Waals surface area contributed by atoms with E-state index in [2.05, 4.69) is 298 Å². The van der Waals surface area contributed by atoms with Crippen LogP contribution in [0.2, 0.25) is 0 Å². The smallest absolute Gasteiger partial charge is 0.0352 e. The quantitative estimate of drug-likeness (QED) is 0.165. The fourth-order valence-corrected chi connectivity index (χ4v) is 18.8. The van der Waals surface area contributed by atoms with Gasteiger partial charge in [-0.3, -0.25) is 0 Å². The van der Waals surface area contributed by atoms with Crippen LogP contribution < -0.4 is 0 Å². The molecule has 0 aliphatic heterocycles. The maximum absolute atomic E-state index is 2.64. The first-order valence-electron chi connectivity index (χ1n) is 32.0. The van der Waals surface area contributed by atoms with Gasteiger partial charge >= 0.3 is 0 Å². The van der Waals surface area contributed by atoms with Gasteiger partial charge in [-0.1, -0.05) is 286 Å². The lowest BCUT2D eigenvalue weighted by Gasteiger charge is -2.41. The van der Waals surface area contributed by atoms with Gasteiger partial charge in [-0.05, 0) is 199 Å². The summed E-state index contributed by atoms with van der Waals surface area (Å²) in [5.41, 5.74) is 29.8. The van der Waals surface area contributed by atoms with Gasteiger partial charge < -0.3 is 0 Å². The van der Waals surface area contributed by atoms with E-state index in [-0.39, 0.29) is 33.5 Å². The molecule has 4 aliphatic rings. The molecule has 19 rings (SSSR count). The largest absolute Gasteiger partial charge is 0.0622 e. The third-order valence-corrected chi connectivity index (χ3v) is 22.8. The monoisotopic (exact) mass is 1120 g/mol. The molecule has 0 N–H and O–H groups in total. The highest BCUT2D eigenvalue weighted by Crippen LogP contribution is 2.62. The number of hydrogen-bond donors (Lipinski definition) is 0. The number of benzene rings is 13. The van der Waals surface area contributed by atoms with E-state index in [1.807, 2.05) is 0 Å². The van der Waals surface area contributed by atoms with Gasteiger partial charge in [0.1, 0.15) is 0 Å². The fraction of sp³-hybridized carbons (Fsp3) is 0.159. The summed E-state index contributed by atoms with van der Waals surface area (Å²) in [5.74, 6) is 0.0570. The second kappa shape index (κ2) is 17.1. The van der Waals surface area contributed by atoms with Crippen LogP contribution in [0, 0.1) is 0 Å². The second-order valence-corrected chi connectivity index (χ2v) is 28.4. The third kappa shape index (κ3) is 6.21. The van der Waals surface area contributed by atoms with Gasteiger partial charge in [0.05, 0.1) is 0 Å². The lowest BCUT2D eigenvalue weighted by Crippen LogP contribution is -2.30. The number of rotatable bonds is 4. The first-order chi connectivity index (χ1) is 42.7. The zero-order chi connectivity index (χ0) is 59.1. The van der Waals surface area contributed by atoms with Gasteiger partial charge in [0, 0.05) is 33.5 Å². The normalized spacial score (nSPS) is 17.7. The van der Waals surface area contributed by atoms with Crippen molar-refractivity contribution in [1.82, 2.24) is 0 Å². The molecule has 0 radical (unpaired) electrons. The summed E-state index contributed by atoms with van der Waals surface area (Å²) in [6, 6.07) is 94.9. The van der Waals surface area contributed by atoms with Gasteiger partial charge in [-0.25, -0.2) is 0 Å². The molecule has 0 spiro atoms. The van der Waals surface area contributed by atoms with Crippen molar-refractivity contribution < 1.29 is 0 Å². The van der Waals surface area contributed by atoms with Crippen LogP contribution in [0.3, 0.4) is 0 Å². The molecule has 2 atom stereocenters. The predicted molar refractivity (Wildman–Crippen MR) is 372 cm³/mol. The van der Waals surface area contributed by atoms with Crippen LogP contribution >= 0.6 is 0 Å². The summed E-state index contributed by atoms with van der Waals surface area (Å²) < 4.78 is 0. The molecule has 0 saturated heterocycles. The first kappa shape index (κ1) is 50.5. The van der Waals surface area contributed by atoms with E-state index in [1.54, 1.807) is 0 Å². The van der Waals surface area contributed by atoms with Gasteiger partial charge in [-0.15, -0.1) is 0 Å². The Morgan fingerprint density at radius 2 is 0.534 bits per heavy atom. The molecule has 0 aromatic heterocycles. The van der Waals surface area contributed by atoms with E-state index >= 15 is 0 Å². The van der Waals surface area contributed by atoms with Crippen molar-refractivity contribution in [2.75, 3.05) is 0 Å². The standard InChI is InChI=1S/C88H66/c1-85(2)67-37-19-15-29-51(67)63-45-73-65(47-71(63)85)77(57-31-17-21-39-69(57)87(73,5)6)55-41-43-61-79-53(55)33-23-35-59(79)81-75(49-25-11-9-12-26-49)84-62-44-42-56(54-34-24-36-60(80(54)62)82(84)76(83(61)81)50-27-13-10-14-28-50)78-58-32-18-22-40-70(58)88(7,8)74-46-64-52-30-16-20-38-68(52)86(3,4)72(64)48-66(74)78/h9-48,77-78H,1-8H3. The lowest BCUT2D eigenvalue weighted by atomic mass is 9.62. The number of fused-ring (bicyclic) bond motifs is 16. The van der Waals surface area contributed by atoms with Crippen molar-refractivity contribution in [2.45, 2.75) is 88.9 Å². The van der Waals surface area contributed by atoms with Crippen molar-refractivity contribution in [3.63, 3.8) is 0 Å². The van der Waals surface area contributed by atoms with Crippen LogP contribution in [-0.4, -0.2) is 0 Å². The van der Waals surface area contributed by atoms with Crippen LogP contribution in [0.1, 0.15) is 145 Å². The molecule has 4 aliphatic carbocycles. The Kier molecular flexibility index (Phi) is 9.83. The molecule has 2 unspecified atom stereocenters. The van der Waals surface area contributed by atoms with Crippen molar-refractivity contribution in [3.8, 4) is 44.5 Å². The van der Waals surface area contributed by atoms with Crippen molar-refractivity contribution in [2.24, 2.45) is 0 Å². The molecule has 418 valence electrons. The highest BCUT2D eigenvalue weighted by molar-refractivity contribution is 6.46. The molecule has 0 heterocycles. The summed E-state index contributed by atoms with van der Waals surface area (Å²) in [6.07, 6.45) is 0. The summed E-state index contributed by atoms with van der Waals surface area (Å²) in [6.45, 7) is 19.5. The minimum atomic E-state index is -0.202. The minimum absolute atomic E-state index is 0.0285. The maximum atomic E-state index is 2.64. The molecule has 0 heteroatoms. The summed E-state index contributed by atoms with van der Waals surface area (Å²) in [5, 5.41) is 16.0. The van der Waals surface area contributed by atoms with E-state index < -0.39 is 0 Å². The van der Waals surface area contributed by atoms with Crippen molar-refractivity contribution >= 4 is 64.6 Å². The van der Waals surface area contributed by atoms with Crippen LogP contribution in [-0.2, 0) is 21.7 Å². The molecule has 0 amide bonds. The molecule has 15 aromatic carbocycles. The molecular formula is C88H66. The molecule has 0 saturated carbocycles. The molecular weight excluding hydrogens is 1060 g/mol. The van der Waals surface area contributed by atoms with Gasteiger partial charge in [0.25, 0.3) is 0 Å². The summed E-state index contributed by atoms with van der Waals surface area (Å²) in [7, 11) is 0. The highest BCUT2D eigenvalue weighted by atomic mass is 14.5. The van der Waals surface area contributed by atoms with Crippen molar-refractivity contribution in [3.05, 3.63) is 321 Å². The molecule has 0 fully saturated rings. The van der Waals surface area contributed by atoms with Crippen LogP contribution in [0.15, 0.2) is 243 Å². The highest BCUT2D eigenvalue weighted by Gasteiger charge is 2.46. The Bertz CT molecular complexity index is 5150. The average molecular weight is 1120 g/mol. The Labute approximate surface area is 515 Å². The van der Waals surface area contributed by atoms with E-state index in [0.29, 0.717) is 0 Å². The Morgan fingerprint density at radius 1 is 0.205 bits per heavy atom. The molecule has 0 bridgehead atoms. The number of hydrogen-bond acceptors (Lipinski definition) is 0. The first-order valence-corrected chi connectivity index (χ1v) is 32.0. The Hall–Kier alpha value is -9.62. The van der Waals surface area contributed by atoms with Crippen molar-refractivity contribution in [1.29, 1.82) is 0 Å². The predicted octanol–water partition coefficient (Wildman–Crippen LogP) is 23.1. The minimum Gasteiger partial charge on any atom is -0.0622 e. The topological polar surface area (TPSA) is 0 Å². The maximum Gasteiger partial charge on any atom is 0.0352 e.